The van der Waals surface area contributed by atoms with Crippen LogP contribution in [0.15, 0.2) is 150 Å². The molecule has 0 radical (unpaired) electrons. The number of fused-ring (bicyclic) bond motifs is 5. The van der Waals surface area contributed by atoms with Crippen LogP contribution in [0, 0.1) is 0 Å². The molecule has 0 fully saturated rings. The van der Waals surface area contributed by atoms with Crippen LogP contribution in [0.5, 0.6) is 0 Å². The fourth-order valence-electron chi connectivity index (χ4n) is 7.71. The average molecular weight is 560 g/mol. The summed E-state index contributed by atoms with van der Waals surface area (Å²) in [4.78, 5) is 0.379. The summed E-state index contributed by atoms with van der Waals surface area (Å²) in [5.74, 6) is 0. The summed E-state index contributed by atoms with van der Waals surface area (Å²) in [6, 6.07) is 48.9. The Hall–Kier alpha value is -4.77. The zero-order valence-corrected chi connectivity index (χ0v) is 23.4. The fraction of sp³-hybridized carbons (Fsp3) is 0.0526. The van der Waals surface area contributed by atoms with Gasteiger partial charge in [0.15, 0.2) is 0 Å². The number of sulfonamides is 1. The summed E-state index contributed by atoms with van der Waals surface area (Å²) in [6.07, 6.45) is 0. The number of rotatable bonds is 2. The van der Waals surface area contributed by atoms with Crippen molar-refractivity contribution in [3.8, 4) is 0 Å². The van der Waals surface area contributed by atoms with Crippen molar-refractivity contribution in [3.05, 3.63) is 185 Å². The third kappa shape index (κ3) is 2.86. The van der Waals surface area contributed by atoms with E-state index in [-0.39, 0.29) is 0 Å². The molecule has 0 N–H and O–H groups in total. The molecule has 6 aromatic rings. The summed E-state index contributed by atoms with van der Waals surface area (Å²) in [6.45, 7) is 0. The van der Waals surface area contributed by atoms with E-state index in [9.17, 15) is 8.42 Å². The van der Waals surface area contributed by atoms with E-state index in [1.165, 1.54) is 0 Å². The minimum atomic E-state index is -3.91. The molecule has 4 heteroatoms. The third-order valence-electron chi connectivity index (χ3n) is 9.24. The molecule has 1 spiro atoms. The van der Waals surface area contributed by atoms with E-state index >= 15 is 0 Å². The SMILES string of the molecule is O=S1(=O)c2ccccc2[C@@]23C(=C(c4ccccc4)c4cc5ccccc5cc42)c2ccccc2[C@@H](c2ccccc2)N31. The molecule has 0 bridgehead atoms. The predicted molar refractivity (Wildman–Crippen MR) is 167 cm³/mol. The molecule has 2 aliphatic heterocycles. The van der Waals surface area contributed by atoms with Crippen molar-refractivity contribution in [1.82, 2.24) is 4.31 Å². The lowest BCUT2D eigenvalue weighted by atomic mass is 9.70. The Labute approximate surface area is 245 Å². The highest BCUT2D eigenvalue weighted by atomic mass is 32.2. The Morgan fingerprint density at radius 2 is 1.19 bits per heavy atom. The first-order valence-corrected chi connectivity index (χ1v) is 15.7. The summed E-state index contributed by atoms with van der Waals surface area (Å²) in [5.41, 5.74) is 8.13. The smallest absolute Gasteiger partial charge is 0.207 e. The molecule has 42 heavy (non-hydrogen) atoms. The molecule has 9 rings (SSSR count). The van der Waals surface area contributed by atoms with Gasteiger partial charge in [0.25, 0.3) is 0 Å². The zero-order valence-electron chi connectivity index (χ0n) is 22.6. The van der Waals surface area contributed by atoms with E-state index in [2.05, 4.69) is 84.9 Å². The Morgan fingerprint density at radius 1 is 0.571 bits per heavy atom. The lowest BCUT2D eigenvalue weighted by Gasteiger charge is -2.47. The van der Waals surface area contributed by atoms with E-state index in [0.717, 1.165) is 60.9 Å². The van der Waals surface area contributed by atoms with E-state index in [4.69, 9.17) is 0 Å². The van der Waals surface area contributed by atoms with Crippen LogP contribution in [-0.2, 0) is 15.6 Å². The van der Waals surface area contributed by atoms with Gasteiger partial charge in [0, 0.05) is 5.56 Å². The predicted octanol–water partition coefficient (Wildman–Crippen LogP) is 8.16. The van der Waals surface area contributed by atoms with Crippen molar-refractivity contribution in [3.63, 3.8) is 0 Å². The second kappa shape index (κ2) is 8.39. The quantitative estimate of drug-likeness (QED) is 0.215. The lowest BCUT2D eigenvalue weighted by Crippen LogP contribution is -2.50. The van der Waals surface area contributed by atoms with Crippen LogP contribution < -0.4 is 0 Å². The molecule has 0 saturated heterocycles. The van der Waals surface area contributed by atoms with Gasteiger partial charge in [-0.05, 0) is 73.5 Å². The van der Waals surface area contributed by atoms with Crippen LogP contribution >= 0.6 is 0 Å². The van der Waals surface area contributed by atoms with Gasteiger partial charge in [0.1, 0.15) is 5.54 Å². The van der Waals surface area contributed by atoms with Gasteiger partial charge in [-0.25, -0.2) is 8.42 Å². The maximum Gasteiger partial charge on any atom is 0.245 e. The average Bonchev–Trinajstić information content (AvgIpc) is 3.45. The van der Waals surface area contributed by atoms with Crippen LogP contribution in [0.2, 0.25) is 0 Å². The lowest BCUT2D eigenvalue weighted by molar-refractivity contribution is 0.260. The van der Waals surface area contributed by atoms with Gasteiger partial charge in [-0.1, -0.05) is 127 Å². The monoisotopic (exact) mass is 559 g/mol. The summed E-state index contributed by atoms with van der Waals surface area (Å²) >= 11 is 0. The molecular weight excluding hydrogens is 534 g/mol. The second-order valence-corrected chi connectivity index (χ2v) is 13.1. The molecule has 0 unspecified atom stereocenters. The molecule has 0 aromatic heterocycles. The molecule has 3 aliphatic rings. The summed E-state index contributed by atoms with van der Waals surface area (Å²) in [5, 5.41) is 2.23. The Bertz CT molecular complexity index is 2220. The van der Waals surface area contributed by atoms with Crippen LogP contribution in [0.4, 0.5) is 0 Å². The van der Waals surface area contributed by atoms with Gasteiger partial charge in [0.05, 0.1) is 10.9 Å². The van der Waals surface area contributed by atoms with Crippen molar-refractivity contribution in [2.24, 2.45) is 0 Å². The first-order valence-electron chi connectivity index (χ1n) is 14.2. The van der Waals surface area contributed by atoms with Gasteiger partial charge < -0.3 is 0 Å². The van der Waals surface area contributed by atoms with E-state index < -0.39 is 21.6 Å². The maximum absolute atomic E-state index is 15.0. The highest BCUT2D eigenvalue weighted by molar-refractivity contribution is 7.89. The maximum atomic E-state index is 15.0. The topological polar surface area (TPSA) is 37.4 Å². The van der Waals surface area contributed by atoms with E-state index in [1.54, 1.807) is 6.07 Å². The van der Waals surface area contributed by atoms with Crippen LogP contribution in [0.25, 0.3) is 21.9 Å². The molecular formula is C38H25NO2S. The van der Waals surface area contributed by atoms with Gasteiger partial charge in [-0.2, -0.15) is 4.31 Å². The summed E-state index contributed by atoms with van der Waals surface area (Å²) < 4.78 is 31.8. The Morgan fingerprint density at radius 3 is 1.98 bits per heavy atom. The first-order chi connectivity index (χ1) is 20.6. The molecule has 200 valence electrons. The number of hydrogen-bond donors (Lipinski definition) is 0. The molecule has 6 aromatic carbocycles. The fourth-order valence-corrected chi connectivity index (χ4v) is 9.82. The Balaban J connectivity index is 1.55. The molecule has 0 amide bonds. The molecule has 3 nitrogen and oxygen atoms in total. The Kier molecular flexibility index (Phi) is 4.77. The highest BCUT2D eigenvalue weighted by Gasteiger charge is 2.66. The van der Waals surface area contributed by atoms with E-state index in [0.29, 0.717) is 4.90 Å². The second-order valence-electron chi connectivity index (χ2n) is 11.3. The zero-order chi connectivity index (χ0) is 28.1. The van der Waals surface area contributed by atoms with Crippen LogP contribution in [0.3, 0.4) is 0 Å². The minimum Gasteiger partial charge on any atom is -0.207 e. The molecule has 2 atom stereocenters. The number of nitrogens with zero attached hydrogens (tertiary/aromatic N) is 1. The van der Waals surface area contributed by atoms with Gasteiger partial charge in [-0.15, -0.1) is 0 Å². The van der Waals surface area contributed by atoms with Crippen molar-refractivity contribution in [2.75, 3.05) is 0 Å². The third-order valence-corrected chi connectivity index (χ3v) is 11.2. The number of benzene rings is 6. The van der Waals surface area contributed by atoms with Crippen LogP contribution in [0.1, 0.15) is 45.0 Å². The molecule has 2 heterocycles. The van der Waals surface area contributed by atoms with Gasteiger partial charge in [0.2, 0.25) is 10.0 Å². The van der Waals surface area contributed by atoms with Gasteiger partial charge >= 0.3 is 0 Å². The van der Waals surface area contributed by atoms with Crippen LogP contribution in [-0.4, -0.2) is 12.7 Å². The summed E-state index contributed by atoms with van der Waals surface area (Å²) in [7, 11) is -3.91. The normalized spacial score (nSPS) is 21.4. The highest BCUT2D eigenvalue weighted by Crippen LogP contribution is 2.68. The van der Waals surface area contributed by atoms with Gasteiger partial charge in [-0.3, -0.25) is 0 Å². The van der Waals surface area contributed by atoms with Crippen molar-refractivity contribution < 1.29 is 8.42 Å². The minimum absolute atomic E-state index is 0.379. The molecule has 1 aliphatic carbocycles. The number of hydrogen-bond acceptors (Lipinski definition) is 2. The standard InChI is InChI=1S/C38H25NO2S/c40-42(41)34-22-12-11-21-32(34)38-33-24-28-18-8-7-17-27(28)23-31(33)35(25-13-3-1-4-14-25)36(38)29-19-9-10-20-30(29)37(39(38)42)26-15-5-2-6-16-26/h1-24,37H/t37-,38+/m1/s1. The first kappa shape index (κ1) is 23.9. The largest absolute Gasteiger partial charge is 0.245 e. The molecule has 0 saturated carbocycles. The van der Waals surface area contributed by atoms with E-state index in [1.807, 2.05) is 58.9 Å². The van der Waals surface area contributed by atoms with Crippen molar-refractivity contribution >= 4 is 31.9 Å². The van der Waals surface area contributed by atoms with Crippen molar-refractivity contribution in [2.45, 2.75) is 16.5 Å². The van der Waals surface area contributed by atoms with Crippen molar-refractivity contribution in [1.29, 1.82) is 0 Å².